The van der Waals surface area contributed by atoms with E-state index in [1.807, 2.05) is 4.90 Å². The van der Waals surface area contributed by atoms with E-state index in [1.165, 1.54) is 18.4 Å². The monoisotopic (exact) mass is 194 g/mol. The van der Waals surface area contributed by atoms with Crippen LogP contribution in [0.15, 0.2) is 11.8 Å². The van der Waals surface area contributed by atoms with E-state index >= 15 is 0 Å². The van der Waals surface area contributed by atoms with Crippen LogP contribution in [0.1, 0.15) is 32.6 Å². The van der Waals surface area contributed by atoms with Crippen LogP contribution in [0, 0.1) is 0 Å². The van der Waals surface area contributed by atoms with Crippen molar-refractivity contribution in [3.8, 4) is 0 Å². The van der Waals surface area contributed by atoms with E-state index < -0.39 is 0 Å². The normalized spacial score (nSPS) is 27.6. The second-order valence-electron chi connectivity index (χ2n) is 4.17. The fourth-order valence-electron chi connectivity index (χ4n) is 2.30. The van der Waals surface area contributed by atoms with Crippen LogP contribution in [0.4, 0.5) is 0 Å². The van der Waals surface area contributed by atoms with Gasteiger partial charge in [0.2, 0.25) is 5.91 Å². The molecule has 1 atom stereocenters. The van der Waals surface area contributed by atoms with Crippen LogP contribution >= 0.6 is 0 Å². The van der Waals surface area contributed by atoms with E-state index in [2.05, 4.69) is 11.5 Å². The molecule has 3 nitrogen and oxygen atoms in total. The molecule has 1 amide bonds. The van der Waals surface area contributed by atoms with Crippen LogP contribution in [-0.2, 0) is 4.79 Å². The van der Waals surface area contributed by atoms with Gasteiger partial charge in [-0.3, -0.25) is 4.79 Å². The Balaban J connectivity index is 2.06. The second kappa shape index (κ2) is 4.13. The second-order valence-corrected chi connectivity index (χ2v) is 4.17. The summed E-state index contributed by atoms with van der Waals surface area (Å²) in [5.41, 5.74) is 1.42. The number of hydrogen-bond acceptors (Lipinski definition) is 2. The number of rotatable bonds is 1. The van der Waals surface area contributed by atoms with Crippen molar-refractivity contribution in [2.75, 3.05) is 13.1 Å². The standard InChI is InChI=1S/C11H18N2O/c1-9(14)13-7-3-4-10(8-13)11-5-2-6-12-11/h8,11-12H,2-7H2,1H3/t11-/m1/s1. The van der Waals surface area contributed by atoms with Gasteiger partial charge in [0.05, 0.1) is 0 Å². The van der Waals surface area contributed by atoms with Gasteiger partial charge in [0, 0.05) is 25.7 Å². The summed E-state index contributed by atoms with van der Waals surface area (Å²) in [6.45, 7) is 3.66. The van der Waals surface area contributed by atoms with Gasteiger partial charge in [0.15, 0.2) is 0 Å². The number of carbonyl (C=O) groups is 1. The maximum atomic E-state index is 11.2. The quantitative estimate of drug-likeness (QED) is 0.681. The summed E-state index contributed by atoms with van der Waals surface area (Å²) in [6.07, 6.45) is 6.83. The molecule has 2 aliphatic rings. The molecule has 1 fully saturated rings. The van der Waals surface area contributed by atoms with E-state index in [9.17, 15) is 4.79 Å². The average molecular weight is 194 g/mol. The van der Waals surface area contributed by atoms with Crippen molar-refractivity contribution in [1.82, 2.24) is 10.2 Å². The van der Waals surface area contributed by atoms with E-state index in [0.717, 1.165) is 25.9 Å². The van der Waals surface area contributed by atoms with Crippen LogP contribution in [0.2, 0.25) is 0 Å². The zero-order valence-electron chi connectivity index (χ0n) is 8.75. The van der Waals surface area contributed by atoms with Crippen molar-refractivity contribution in [3.63, 3.8) is 0 Å². The first-order chi connectivity index (χ1) is 6.77. The topological polar surface area (TPSA) is 32.3 Å². The van der Waals surface area contributed by atoms with E-state index in [0.29, 0.717) is 6.04 Å². The SMILES string of the molecule is CC(=O)N1C=C([C@H]2CCCN2)CCC1. The Bertz CT molecular complexity index is 254. The average Bonchev–Trinajstić information content (AvgIpc) is 2.71. The van der Waals surface area contributed by atoms with Gasteiger partial charge in [-0.05, 0) is 37.8 Å². The Hall–Kier alpha value is -0.830. The third-order valence-electron chi connectivity index (χ3n) is 3.10. The van der Waals surface area contributed by atoms with Gasteiger partial charge in [-0.2, -0.15) is 0 Å². The molecule has 1 N–H and O–H groups in total. The molecule has 2 rings (SSSR count). The van der Waals surface area contributed by atoms with Gasteiger partial charge in [0.1, 0.15) is 0 Å². The number of nitrogens with zero attached hydrogens (tertiary/aromatic N) is 1. The zero-order chi connectivity index (χ0) is 9.97. The minimum Gasteiger partial charge on any atom is -0.319 e. The van der Waals surface area contributed by atoms with Gasteiger partial charge >= 0.3 is 0 Å². The highest BCUT2D eigenvalue weighted by molar-refractivity contribution is 5.74. The molecule has 0 radical (unpaired) electrons. The lowest BCUT2D eigenvalue weighted by molar-refractivity contribution is -0.126. The molecule has 0 bridgehead atoms. The number of amides is 1. The highest BCUT2D eigenvalue weighted by Gasteiger charge is 2.22. The third kappa shape index (κ3) is 1.98. The molecule has 2 aliphatic heterocycles. The summed E-state index contributed by atoms with van der Waals surface area (Å²) in [7, 11) is 0. The fraction of sp³-hybridized carbons (Fsp3) is 0.727. The Labute approximate surface area is 85.2 Å². The van der Waals surface area contributed by atoms with Crippen molar-refractivity contribution in [2.24, 2.45) is 0 Å². The van der Waals surface area contributed by atoms with Gasteiger partial charge < -0.3 is 10.2 Å². The molecular formula is C11H18N2O. The van der Waals surface area contributed by atoms with Crippen LogP contribution in [0.3, 0.4) is 0 Å². The molecule has 0 aromatic rings. The molecule has 2 heterocycles. The lowest BCUT2D eigenvalue weighted by Crippen LogP contribution is -2.32. The molecule has 0 aliphatic carbocycles. The van der Waals surface area contributed by atoms with Gasteiger partial charge in [-0.15, -0.1) is 0 Å². The number of hydrogen-bond donors (Lipinski definition) is 1. The maximum Gasteiger partial charge on any atom is 0.223 e. The molecule has 3 heteroatoms. The molecule has 0 aromatic carbocycles. The summed E-state index contributed by atoms with van der Waals surface area (Å²) >= 11 is 0. The molecule has 78 valence electrons. The molecule has 0 unspecified atom stereocenters. The van der Waals surface area contributed by atoms with Crippen LogP contribution in [-0.4, -0.2) is 29.9 Å². The van der Waals surface area contributed by atoms with Crippen molar-refractivity contribution in [3.05, 3.63) is 11.8 Å². The zero-order valence-corrected chi connectivity index (χ0v) is 8.75. The van der Waals surface area contributed by atoms with Crippen LogP contribution in [0.5, 0.6) is 0 Å². The lowest BCUT2D eigenvalue weighted by Gasteiger charge is -2.26. The van der Waals surface area contributed by atoms with Crippen molar-refractivity contribution >= 4 is 5.91 Å². The molecular weight excluding hydrogens is 176 g/mol. The molecule has 1 saturated heterocycles. The highest BCUT2D eigenvalue weighted by Crippen LogP contribution is 2.23. The maximum absolute atomic E-state index is 11.2. The van der Waals surface area contributed by atoms with Crippen LogP contribution < -0.4 is 5.32 Å². The van der Waals surface area contributed by atoms with Gasteiger partial charge in [-0.25, -0.2) is 0 Å². The Morgan fingerprint density at radius 3 is 3.07 bits per heavy atom. The minimum atomic E-state index is 0.167. The highest BCUT2D eigenvalue weighted by atomic mass is 16.2. The predicted octanol–water partition coefficient (Wildman–Crippen LogP) is 1.26. The van der Waals surface area contributed by atoms with E-state index in [1.54, 1.807) is 6.92 Å². The summed E-state index contributed by atoms with van der Waals surface area (Å²) in [5, 5.41) is 3.48. The fourth-order valence-corrected chi connectivity index (χ4v) is 2.30. The smallest absolute Gasteiger partial charge is 0.223 e. The molecule has 14 heavy (non-hydrogen) atoms. The first-order valence-corrected chi connectivity index (χ1v) is 5.48. The van der Waals surface area contributed by atoms with Crippen molar-refractivity contribution in [1.29, 1.82) is 0 Å². The van der Waals surface area contributed by atoms with E-state index in [4.69, 9.17) is 0 Å². The first-order valence-electron chi connectivity index (χ1n) is 5.48. The summed E-state index contributed by atoms with van der Waals surface area (Å²) < 4.78 is 0. The lowest BCUT2D eigenvalue weighted by atomic mass is 9.99. The van der Waals surface area contributed by atoms with E-state index in [-0.39, 0.29) is 5.91 Å². The van der Waals surface area contributed by atoms with Crippen molar-refractivity contribution in [2.45, 2.75) is 38.6 Å². The Morgan fingerprint density at radius 1 is 1.57 bits per heavy atom. The van der Waals surface area contributed by atoms with Gasteiger partial charge in [0.25, 0.3) is 0 Å². The number of carbonyl (C=O) groups excluding carboxylic acids is 1. The number of nitrogens with one attached hydrogen (secondary N) is 1. The summed E-state index contributed by atoms with van der Waals surface area (Å²) in [6, 6.07) is 0.539. The van der Waals surface area contributed by atoms with Crippen LogP contribution in [0.25, 0.3) is 0 Å². The first kappa shape index (κ1) is 9.71. The minimum absolute atomic E-state index is 0.167. The Morgan fingerprint density at radius 2 is 2.43 bits per heavy atom. The molecule has 0 aromatic heterocycles. The van der Waals surface area contributed by atoms with Gasteiger partial charge in [-0.1, -0.05) is 0 Å². The predicted molar refractivity (Wildman–Crippen MR) is 55.7 cm³/mol. The largest absolute Gasteiger partial charge is 0.319 e. The summed E-state index contributed by atoms with van der Waals surface area (Å²) in [5.74, 6) is 0.167. The van der Waals surface area contributed by atoms with Crippen molar-refractivity contribution < 1.29 is 4.79 Å². The third-order valence-corrected chi connectivity index (χ3v) is 3.10. The molecule has 0 saturated carbocycles. The summed E-state index contributed by atoms with van der Waals surface area (Å²) in [4.78, 5) is 13.1. The Kier molecular flexibility index (Phi) is 2.87. The molecule has 0 spiro atoms.